The second-order valence-corrected chi connectivity index (χ2v) is 5.74. The van der Waals surface area contributed by atoms with Crippen molar-refractivity contribution in [3.8, 4) is 5.69 Å². The Balaban J connectivity index is 2.29. The van der Waals surface area contributed by atoms with E-state index >= 15 is 0 Å². The van der Waals surface area contributed by atoms with E-state index in [1.165, 1.54) is 10.9 Å². The standard InChI is InChI=1S/C14H18N4O2S/c1-9(7-21-3)13(19)16-11-5-4-6-12(10(11)2)18-8-15-17-14(18)20/h4-6,8-9H,7H2,1-3H3,(H,16,19)(H,17,20). The summed E-state index contributed by atoms with van der Waals surface area (Å²) in [5, 5.41) is 8.99. The van der Waals surface area contributed by atoms with Gasteiger partial charge in [-0.25, -0.2) is 14.5 Å². The van der Waals surface area contributed by atoms with Gasteiger partial charge in [-0.3, -0.25) is 4.79 Å². The molecular formula is C14H18N4O2S. The Kier molecular flexibility index (Phi) is 4.85. The summed E-state index contributed by atoms with van der Waals surface area (Å²) in [4.78, 5) is 23.8. The van der Waals surface area contributed by atoms with Gasteiger partial charge in [0.2, 0.25) is 5.91 Å². The van der Waals surface area contributed by atoms with Crippen LogP contribution in [0.25, 0.3) is 5.69 Å². The summed E-state index contributed by atoms with van der Waals surface area (Å²) < 4.78 is 1.41. The number of thioether (sulfide) groups is 1. The maximum Gasteiger partial charge on any atom is 0.347 e. The zero-order chi connectivity index (χ0) is 15.4. The van der Waals surface area contributed by atoms with Gasteiger partial charge in [-0.05, 0) is 30.9 Å². The third-order valence-corrected chi connectivity index (χ3v) is 4.07. The van der Waals surface area contributed by atoms with Crippen molar-refractivity contribution in [1.82, 2.24) is 14.8 Å². The summed E-state index contributed by atoms with van der Waals surface area (Å²) in [6.45, 7) is 3.76. The van der Waals surface area contributed by atoms with E-state index in [-0.39, 0.29) is 17.5 Å². The molecule has 112 valence electrons. The van der Waals surface area contributed by atoms with Crippen LogP contribution in [0.1, 0.15) is 12.5 Å². The van der Waals surface area contributed by atoms with Gasteiger partial charge in [0.05, 0.1) is 5.69 Å². The van der Waals surface area contributed by atoms with Crippen LogP contribution in [-0.2, 0) is 4.79 Å². The van der Waals surface area contributed by atoms with Crippen LogP contribution in [0.4, 0.5) is 5.69 Å². The minimum Gasteiger partial charge on any atom is -0.326 e. The summed E-state index contributed by atoms with van der Waals surface area (Å²) in [6, 6.07) is 5.44. The monoisotopic (exact) mass is 306 g/mol. The van der Waals surface area contributed by atoms with Gasteiger partial charge in [0, 0.05) is 17.4 Å². The van der Waals surface area contributed by atoms with E-state index in [1.54, 1.807) is 17.8 Å². The molecule has 6 nitrogen and oxygen atoms in total. The molecule has 0 aliphatic heterocycles. The lowest BCUT2D eigenvalue weighted by atomic mass is 10.1. The first-order valence-electron chi connectivity index (χ1n) is 6.56. The summed E-state index contributed by atoms with van der Waals surface area (Å²) in [6.07, 6.45) is 3.40. The summed E-state index contributed by atoms with van der Waals surface area (Å²) in [5.41, 5.74) is 1.92. The van der Waals surface area contributed by atoms with E-state index in [2.05, 4.69) is 15.5 Å². The van der Waals surface area contributed by atoms with Gasteiger partial charge >= 0.3 is 5.69 Å². The Bertz CT molecular complexity index is 692. The Morgan fingerprint density at radius 2 is 2.29 bits per heavy atom. The molecule has 0 saturated carbocycles. The first-order valence-corrected chi connectivity index (χ1v) is 7.95. The molecule has 1 amide bonds. The van der Waals surface area contributed by atoms with Crippen molar-refractivity contribution in [2.24, 2.45) is 5.92 Å². The van der Waals surface area contributed by atoms with Crippen molar-refractivity contribution in [2.75, 3.05) is 17.3 Å². The largest absolute Gasteiger partial charge is 0.347 e. The maximum atomic E-state index is 12.1. The molecule has 2 aromatic rings. The number of hydrogen-bond acceptors (Lipinski definition) is 4. The smallest absolute Gasteiger partial charge is 0.326 e. The number of aromatic amines is 1. The molecule has 0 aliphatic carbocycles. The van der Waals surface area contributed by atoms with Crippen LogP contribution in [-0.4, -0.2) is 32.7 Å². The normalized spacial score (nSPS) is 12.1. The molecule has 21 heavy (non-hydrogen) atoms. The van der Waals surface area contributed by atoms with E-state index < -0.39 is 0 Å². The highest BCUT2D eigenvalue weighted by Gasteiger charge is 2.15. The molecule has 0 bridgehead atoms. The molecule has 1 atom stereocenters. The number of rotatable bonds is 5. The van der Waals surface area contributed by atoms with Crippen LogP contribution >= 0.6 is 11.8 Å². The van der Waals surface area contributed by atoms with Crippen LogP contribution in [0.15, 0.2) is 29.3 Å². The Morgan fingerprint density at radius 3 is 2.90 bits per heavy atom. The van der Waals surface area contributed by atoms with E-state index in [0.717, 1.165) is 11.3 Å². The van der Waals surface area contributed by atoms with Crippen molar-refractivity contribution in [3.63, 3.8) is 0 Å². The van der Waals surface area contributed by atoms with Crippen LogP contribution in [0.3, 0.4) is 0 Å². The minimum atomic E-state index is -0.308. The molecule has 0 aliphatic rings. The zero-order valence-electron chi connectivity index (χ0n) is 12.2. The Labute approximate surface area is 127 Å². The van der Waals surface area contributed by atoms with E-state index in [1.807, 2.05) is 32.2 Å². The molecule has 7 heteroatoms. The van der Waals surface area contributed by atoms with Crippen molar-refractivity contribution >= 4 is 23.4 Å². The number of H-pyrrole nitrogens is 1. The highest BCUT2D eigenvalue weighted by molar-refractivity contribution is 7.98. The Hall–Kier alpha value is -2.02. The third kappa shape index (κ3) is 3.36. The van der Waals surface area contributed by atoms with Crippen LogP contribution < -0.4 is 11.0 Å². The number of benzene rings is 1. The van der Waals surface area contributed by atoms with Crippen molar-refractivity contribution in [1.29, 1.82) is 0 Å². The molecular weight excluding hydrogens is 288 g/mol. The first-order chi connectivity index (χ1) is 10.0. The number of hydrogen-bond donors (Lipinski definition) is 2. The molecule has 1 unspecified atom stereocenters. The van der Waals surface area contributed by atoms with Crippen molar-refractivity contribution < 1.29 is 4.79 Å². The Morgan fingerprint density at radius 1 is 1.52 bits per heavy atom. The summed E-state index contributed by atoms with van der Waals surface area (Å²) in [5.74, 6) is 0.676. The average Bonchev–Trinajstić information content (AvgIpc) is 2.87. The third-order valence-electron chi connectivity index (χ3n) is 3.24. The predicted octanol–water partition coefficient (Wildman–Crippen LogP) is 1.81. The first kappa shape index (κ1) is 15.4. The van der Waals surface area contributed by atoms with Gasteiger partial charge in [-0.2, -0.15) is 16.9 Å². The second kappa shape index (κ2) is 6.62. The fourth-order valence-electron chi connectivity index (χ4n) is 2.02. The number of nitrogens with one attached hydrogen (secondary N) is 2. The number of amides is 1. The minimum absolute atomic E-state index is 0.0239. The highest BCUT2D eigenvalue weighted by atomic mass is 32.2. The molecule has 0 saturated heterocycles. The molecule has 2 rings (SSSR count). The molecule has 0 spiro atoms. The van der Waals surface area contributed by atoms with Gasteiger partial charge < -0.3 is 5.32 Å². The predicted molar refractivity (Wildman–Crippen MR) is 85.1 cm³/mol. The van der Waals surface area contributed by atoms with Crippen LogP contribution in [0.2, 0.25) is 0 Å². The SMILES string of the molecule is CSCC(C)C(=O)Nc1cccc(-n2cn[nH]c2=O)c1C. The lowest BCUT2D eigenvalue weighted by Gasteiger charge is -2.15. The second-order valence-electron chi connectivity index (χ2n) is 4.83. The van der Waals surface area contributed by atoms with Gasteiger partial charge in [-0.1, -0.05) is 13.0 Å². The number of carbonyl (C=O) groups is 1. The van der Waals surface area contributed by atoms with Crippen LogP contribution in [0.5, 0.6) is 0 Å². The average molecular weight is 306 g/mol. The van der Waals surface area contributed by atoms with Gasteiger partial charge in [0.1, 0.15) is 6.33 Å². The lowest BCUT2D eigenvalue weighted by molar-refractivity contribution is -0.118. The van der Waals surface area contributed by atoms with Crippen LogP contribution in [0, 0.1) is 12.8 Å². The highest BCUT2D eigenvalue weighted by Crippen LogP contribution is 2.22. The fourth-order valence-corrected chi connectivity index (χ4v) is 2.67. The number of nitrogens with zero attached hydrogens (tertiary/aromatic N) is 2. The maximum absolute atomic E-state index is 12.1. The molecule has 1 aromatic carbocycles. The number of carbonyl (C=O) groups excluding carboxylic acids is 1. The fraction of sp³-hybridized carbons (Fsp3) is 0.357. The summed E-state index contributed by atoms with van der Waals surface area (Å²) >= 11 is 1.64. The van der Waals surface area contributed by atoms with E-state index in [4.69, 9.17) is 0 Å². The zero-order valence-corrected chi connectivity index (χ0v) is 13.0. The lowest BCUT2D eigenvalue weighted by Crippen LogP contribution is -2.23. The molecule has 1 heterocycles. The number of anilines is 1. The molecule has 0 fully saturated rings. The molecule has 1 aromatic heterocycles. The van der Waals surface area contributed by atoms with Gasteiger partial charge in [0.15, 0.2) is 0 Å². The van der Waals surface area contributed by atoms with Gasteiger partial charge in [-0.15, -0.1) is 0 Å². The quantitative estimate of drug-likeness (QED) is 0.883. The summed E-state index contributed by atoms with van der Waals surface area (Å²) in [7, 11) is 0. The topological polar surface area (TPSA) is 79.8 Å². The van der Waals surface area contributed by atoms with E-state index in [0.29, 0.717) is 11.4 Å². The van der Waals surface area contributed by atoms with Gasteiger partial charge in [0.25, 0.3) is 0 Å². The number of aromatic nitrogens is 3. The van der Waals surface area contributed by atoms with Crippen molar-refractivity contribution in [3.05, 3.63) is 40.6 Å². The van der Waals surface area contributed by atoms with Crippen molar-refractivity contribution in [2.45, 2.75) is 13.8 Å². The molecule has 2 N–H and O–H groups in total. The molecule has 0 radical (unpaired) electrons. The van der Waals surface area contributed by atoms with E-state index in [9.17, 15) is 9.59 Å².